The molecule has 0 spiro atoms. The molecule has 102 valence electrons. The van der Waals surface area contributed by atoms with Crippen LogP contribution >= 0.6 is 0 Å². The number of carboxylic acids is 1. The second-order valence-corrected chi connectivity index (χ2v) is 5.14. The molecule has 6 heteroatoms. The van der Waals surface area contributed by atoms with Crippen LogP contribution in [0, 0.1) is 5.92 Å². The van der Waals surface area contributed by atoms with Crippen molar-refractivity contribution in [1.82, 2.24) is 9.80 Å². The maximum absolute atomic E-state index is 12.2. The molecular formula is C12H20N2O4. The first-order valence-electron chi connectivity index (χ1n) is 6.32. The number of nitrogens with zero attached hydrogens (tertiary/aromatic N) is 2. The zero-order valence-electron chi connectivity index (χ0n) is 10.8. The number of carbonyl (C=O) groups excluding carboxylic acids is 1. The molecule has 1 aliphatic heterocycles. The summed E-state index contributed by atoms with van der Waals surface area (Å²) in [7, 11) is 3.45. The molecule has 1 heterocycles. The predicted molar refractivity (Wildman–Crippen MR) is 64.3 cm³/mol. The average Bonchev–Trinajstić information content (AvgIpc) is 2.73. The molecular weight excluding hydrogens is 236 g/mol. The van der Waals surface area contributed by atoms with Gasteiger partial charge in [0.05, 0.1) is 19.3 Å². The van der Waals surface area contributed by atoms with Crippen molar-refractivity contribution in [3.05, 3.63) is 0 Å². The van der Waals surface area contributed by atoms with Crippen LogP contribution in [0.4, 0.5) is 4.79 Å². The fraction of sp³-hybridized carbons (Fsp3) is 0.833. The number of hydrogen-bond acceptors (Lipinski definition) is 3. The number of urea groups is 1. The van der Waals surface area contributed by atoms with E-state index < -0.39 is 11.9 Å². The molecule has 0 bridgehead atoms. The predicted octanol–water partition coefficient (Wildman–Crippen LogP) is 0.622. The molecule has 2 aliphatic rings. The Kier molecular flexibility index (Phi) is 3.75. The molecule has 2 rings (SSSR count). The number of carboxylic acid groups (broad SMARTS) is 1. The van der Waals surface area contributed by atoms with E-state index in [0.717, 1.165) is 19.3 Å². The zero-order chi connectivity index (χ0) is 13.3. The number of aliphatic carboxylic acids is 1. The molecule has 1 saturated carbocycles. The molecule has 0 aromatic heterocycles. The molecule has 18 heavy (non-hydrogen) atoms. The SMILES string of the molecule is CN(C(=O)N(C)C1COCC1C(=O)O)C1CCC1. The van der Waals surface area contributed by atoms with Crippen LogP contribution in [0.5, 0.6) is 0 Å². The van der Waals surface area contributed by atoms with Crippen molar-refractivity contribution in [3.63, 3.8) is 0 Å². The Hall–Kier alpha value is -1.30. The Morgan fingerprint density at radius 3 is 2.33 bits per heavy atom. The molecule has 2 amide bonds. The number of likely N-dealkylation sites (N-methyl/N-ethyl adjacent to an activating group) is 1. The van der Waals surface area contributed by atoms with Gasteiger partial charge in [0.2, 0.25) is 0 Å². The first-order chi connectivity index (χ1) is 8.52. The van der Waals surface area contributed by atoms with Gasteiger partial charge in [-0.1, -0.05) is 0 Å². The van der Waals surface area contributed by atoms with Gasteiger partial charge in [-0.05, 0) is 19.3 Å². The largest absolute Gasteiger partial charge is 0.481 e. The van der Waals surface area contributed by atoms with E-state index in [1.807, 2.05) is 0 Å². The third kappa shape index (κ3) is 2.29. The Morgan fingerprint density at radius 1 is 1.17 bits per heavy atom. The van der Waals surface area contributed by atoms with E-state index in [9.17, 15) is 9.59 Å². The van der Waals surface area contributed by atoms with Crippen molar-refractivity contribution in [3.8, 4) is 0 Å². The van der Waals surface area contributed by atoms with E-state index in [1.165, 1.54) is 4.90 Å². The Labute approximate surface area is 106 Å². The van der Waals surface area contributed by atoms with Crippen molar-refractivity contribution in [2.24, 2.45) is 5.92 Å². The van der Waals surface area contributed by atoms with E-state index in [4.69, 9.17) is 9.84 Å². The highest BCUT2D eigenvalue weighted by Gasteiger charge is 2.40. The molecule has 2 atom stereocenters. The van der Waals surface area contributed by atoms with Gasteiger partial charge < -0.3 is 19.6 Å². The second kappa shape index (κ2) is 5.14. The minimum absolute atomic E-state index is 0.110. The Bertz CT molecular complexity index is 343. The molecule has 6 nitrogen and oxygen atoms in total. The summed E-state index contributed by atoms with van der Waals surface area (Å²) >= 11 is 0. The van der Waals surface area contributed by atoms with Crippen molar-refractivity contribution in [2.75, 3.05) is 27.3 Å². The van der Waals surface area contributed by atoms with Gasteiger partial charge in [-0.15, -0.1) is 0 Å². The van der Waals surface area contributed by atoms with Crippen LogP contribution in [-0.2, 0) is 9.53 Å². The molecule has 0 aromatic carbocycles. The number of hydrogen-bond donors (Lipinski definition) is 1. The zero-order valence-corrected chi connectivity index (χ0v) is 10.8. The van der Waals surface area contributed by atoms with Crippen molar-refractivity contribution in [2.45, 2.75) is 31.3 Å². The summed E-state index contributed by atoms with van der Waals surface area (Å²) in [6.07, 6.45) is 3.25. The quantitative estimate of drug-likeness (QED) is 0.803. The lowest BCUT2D eigenvalue weighted by Crippen LogP contribution is -2.52. The van der Waals surface area contributed by atoms with Gasteiger partial charge in [-0.25, -0.2) is 4.79 Å². The number of amides is 2. The van der Waals surface area contributed by atoms with Crippen LogP contribution in [0.3, 0.4) is 0 Å². The summed E-state index contributed by atoms with van der Waals surface area (Å²) < 4.78 is 5.19. The van der Waals surface area contributed by atoms with Crippen LogP contribution in [0.25, 0.3) is 0 Å². The van der Waals surface area contributed by atoms with E-state index >= 15 is 0 Å². The topological polar surface area (TPSA) is 70.1 Å². The minimum Gasteiger partial charge on any atom is -0.481 e. The van der Waals surface area contributed by atoms with Gasteiger partial charge in [0.25, 0.3) is 0 Å². The highest BCUT2D eigenvalue weighted by molar-refractivity contribution is 5.77. The summed E-state index contributed by atoms with van der Waals surface area (Å²) in [6, 6.07) is -0.162. The van der Waals surface area contributed by atoms with Gasteiger partial charge in [0.15, 0.2) is 0 Å². The van der Waals surface area contributed by atoms with Gasteiger partial charge in [-0.3, -0.25) is 4.79 Å². The van der Waals surface area contributed by atoms with Crippen molar-refractivity contribution < 1.29 is 19.4 Å². The average molecular weight is 256 g/mol. The fourth-order valence-corrected chi connectivity index (χ4v) is 2.48. The lowest BCUT2D eigenvalue weighted by molar-refractivity contribution is -0.142. The van der Waals surface area contributed by atoms with Gasteiger partial charge in [0.1, 0.15) is 5.92 Å². The highest BCUT2D eigenvalue weighted by Crippen LogP contribution is 2.26. The van der Waals surface area contributed by atoms with Crippen molar-refractivity contribution >= 4 is 12.0 Å². The van der Waals surface area contributed by atoms with E-state index in [2.05, 4.69) is 0 Å². The summed E-state index contributed by atoms with van der Waals surface area (Å²) in [6.45, 7) is 0.489. The van der Waals surface area contributed by atoms with Gasteiger partial charge >= 0.3 is 12.0 Å². The van der Waals surface area contributed by atoms with Crippen LogP contribution in [0.1, 0.15) is 19.3 Å². The summed E-state index contributed by atoms with van der Waals surface area (Å²) in [5.74, 6) is -1.52. The number of ether oxygens (including phenoxy) is 1. The summed E-state index contributed by atoms with van der Waals surface area (Å²) in [4.78, 5) is 26.6. The Morgan fingerprint density at radius 2 is 1.83 bits per heavy atom. The third-order valence-corrected chi connectivity index (χ3v) is 4.09. The van der Waals surface area contributed by atoms with Gasteiger partial charge in [0, 0.05) is 20.1 Å². The third-order valence-electron chi connectivity index (χ3n) is 4.09. The molecule has 0 aromatic rings. The monoisotopic (exact) mass is 256 g/mol. The number of rotatable bonds is 3. The number of carbonyl (C=O) groups is 2. The molecule has 0 radical (unpaired) electrons. The molecule has 1 N–H and O–H groups in total. The van der Waals surface area contributed by atoms with Crippen LogP contribution in [0.15, 0.2) is 0 Å². The van der Waals surface area contributed by atoms with E-state index in [0.29, 0.717) is 12.6 Å². The second-order valence-electron chi connectivity index (χ2n) is 5.14. The minimum atomic E-state index is -0.900. The maximum Gasteiger partial charge on any atom is 0.320 e. The first-order valence-corrected chi connectivity index (χ1v) is 6.32. The first kappa shape index (κ1) is 13.1. The summed E-state index contributed by atoms with van der Waals surface area (Å²) in [5, 5.41) is 9.09. The fourth-order valence-electron chi connectivity index (χ4n) is 2.48. The lowest BCUT2D eigenvalue weighted by atomic mass is 9.92. The molecule has 2 unspecified atom stereocenters. The van der Waals surface area contributed by atoms with Crippen LogP contribution in [0.2, 0.25) is 0 Å². The van der Waals surface area contributed by atoms with E-state index in [1.54, 1.807) is 19.0 Å². The summed E-state index contributed by atoms with van der Waals surface area (Å²) in [5.41, 5.74) is 0. The molecule has 1 aliphatic carbocycles. The van der Waals surface area contributed by atoms with Gasteiger partial charge in [-0.2, -0.15) is 0 Å². The highest BCUT2D eigenvalue weighted by atomic mass is 16.5. The Balaban J connectivity index is 1.98. The molecule has 1 saturated heterocycles. The standard InChI is InChI=1S/C12H20N2O4/c1-13(8-4-3-5-8)12(17)14(2)10-7-18-6-9(10)11(15)16/h8-10H,3-7H2,1-2H3,(H,15,16). The normalized spacial score (nSPS) is 27.7. The molecule has 2 fully saturated rings. The lowest BCUT2D eigenvalue weighted by Gasteiger charge is -2.38. The van der Waals surface area contributed by atoms with Crippen LogP contribution in [-0.4, -0.2) is 66.3 Å². The van der Waals surface area contributed by atoms with Crippen molar-refractivity contribution in [1.29, 1.82) is 0 Å². The van der Waals surface area contributed by atoms with E-state index in [-0.39, 0.29) is 18.7 Å². The van der Waals surface area contributed by atoms with Crippen LogP contribution < -0.4 is 0 Å². The smallest absolute Gasteiger partial charge is 0.320 e. The maximum atomic E-state index is 12.2.